The molecule has 23 heavy (non-hydrogen) atoms. The molecule has 5 N–H and O–H groups in total. The number of aliphatic imine (C=N–C) groups is 1. The van der Waals surface area contributed by atoms with Crippen molar-refractivity contribution in [1.29, 1.82) is 0 Å². The molecular weight excluding hydrogens is 308 g/mol. The standard InChI is InChI=1S/C14H18N2O7/c17-5-1-2-9(12(18)19)15-4-3-8-6-10(13(20)21)16-11(7-8)14(22)23/h3-4,6,9,11,16-17H,1-2,5,7H2,(H,18,19)(H,20,21)(H,22,23). The molecule has 0 amide bonds. The molecule has 9 nitrogen and oxygen atoms in total. The quantitative estimate of drug-likeness (QED) is 0.378. The van der Waals surface area contributed by atoms with Gasteiger partial charge in [0.15, 0.2) is 0 Å². The maximum atomic E-state index is 11.0. The first-order valence-corrected chi connectivity index (χ1v) is 6.85. The van der Waals surface area contributed by atoms with Crippen LogP contribution in [0.3, 0.4) is 0 Å². The molecule has 1 aliphatic rings. The van der Waals surface area contributed by atoms with E-state index >= 15 is 0 Å². The summed E-state index contributed by atoms with van der Waals surface area (Å²) in [7, 11) is 0. The summed E-state index contributed by atoms with van der Waals surface area (Å²) in [6.45, 7) is -0.142. The summed E-state index contributed by atoms with van der Waals surface area (Å²) in [5, 5.41) is 38.0. The van der Waals surface area contributed by atoms with Crippen LogP contribution in [-0.2, 0) is 14.4 Å². The van der Waals surface area contributed by atoms with Crippen molar-refractivity contribution >= 4 is 24.1 Å². The molecule has 0 saturated heterocycles. The minimum atomic E-state index is -1.29. The molecule has 1 heterocycles. The van der Waals surface area contributed by atoms with Crippen LogP contribution in [0.1, 0.15) is 19.3 Å². The summed E-state index contributed by atoms with van der Waals surface area (Å²) in [5.41, 5.74) is 0.155. The zero-order valence-electron chi connectivity index (χ0n) is 12.2. The fourth-order valence-electron chi connectivity index (χ4n) is 1.94. The maximum Gasteiger partial charge on any atom is 0.351 e. The first-order chi connectivity index (χ1) is 10.8. The number of nitrogens with zero attached hydrogens (tertiary/aromatic N) is 1. The average Bonchev–Trinajstić information content (AvgIpc) is 2.49. The van der Waals surface area contributed by atoms with E-state index in [0.717, 1.165) is 0 Å². The Morgan fingerprint density at radius 2 is 2.04 bits per heavy atom. The van der Waals surface area contributed by atoms with Crippen molar-refractivity contribution in [2.24, 2.45) is 4.99 Å². The zero-order valence-corrected chi connectivity index (χ0v) is 12.2. The maximum absolute atomic E-state index is 11.0. The van der Waals surface area contributed by atoms with Gasteiger partial charge >= 0.3 is 17.9 Å². The predicted octanol–water partition coefficient (Wildman–Crippen LogP) is -0.376. The summed E-state index contributed by atoms with van der Waals surface area (Å²) in [6, 6.07) is -2.09. The number of rotatable bonds is 8. The van der Waals surface area contributed by atoms with Crippen LogP contribution in [0.15, 0.2) is 28.4 Å². The third-order valence-corrected chi connectivity index (χ3v) is 3.10. The fourth-order valence-corrected chi connectivity index (χ4v) is 1.94. The second-order valence-corrected chi connectivity index (χ2v) is 4.86. The van der Waals surface area contributed by atoms with Crippen LogP contribution in [0.5, 0.6) is 0 Å². The van der Waals surface area contributed by atoms with E-state index < -0.39 is 30.0 Å². The monoisotopic (exact) mass is 326 g/mol. The number of carbonyl (C=O) groups is 3. The van der Waals surface area contributed by atoms with Crippen molar-refractivity contribution in [3.8, 4) is 0 Å². The van der Waals surface area contributed by atoms with Crippen LogP contribution >= 0.6 is 0 Å². The van der Waals surface area contributed by atoms with E-state index in [4.69, 9.17) is 20.4 Å². The zero-order chi connectivity index (χ0) is 17.4. The Bertz CT molecular complexity index is 565. The Labute approximate surface area is 131 Å². The molecule has 126 valence electrons. The van der Waals surface area contributed by atoms with Gasteiger partial charge in [0.25, 0.3) is 0 Å². The van der Waals surface area contributed by atoms with Crippen LogP contribution < -0.4 is 5.32 Å². The Kier molecular flexibility index (Phi) is 6.94. The lowest BCUT2D eigenvalue weighted by atomic mass is 10.00. The highest BCUT2D eigenvalue weighted by Gasteiger charge is 2.26. The number of hydrogen-bond donors (Lipinski definition) is 5. The van der Waals surface area contributed by atoms with Crippen molar-refractivity contribution in [2.45, 2.75) is 31.3 Å². The van der Waals surface area contributed by atoms with E-state index in [0.29, 0.717) is 12.0 Å². The van der Waals surface area contributed by atoms with Gasteiger partial charge in [-0.05, 0) is 30.6 Å². The second kappa shape index (κ2) is 8.69. The number of nitrogens with one attached hydrogen (secondary N) is 1. The van der Waals surface area contributed by atoms with Crippen LogP contribution in [0, 0.1) is 0 Å². The van der Waals surface area contributed by atoms with Gasteiger partial charge < -0.3 is 25.7 Å². The van der Waals surface area contributed by atoms with E-state index in [1.165, 1.54) is 18.4 Å². The number of carboxylic acids is 3. The normalized spacial score (nSPS) is 20.8. The predicted molar refractivity (Wildman–Crippen MR) is 79.2 cm³/mol. The van der Waals surface area contributed by atoms with Crippen LogP contribution in [-0.4, -0.2) is 63.2 Å². The number of allylic oxidation sites excluding steroid dienone is 2. The van der Waals surface area contributed by atoms with E-state index in [2.05, 4.69) is 10.3 Å². The molecule has 0 aromatic heterocycles. The van der Waals surface area contributed by atoms with Gasteiger partial charge in [0.05, 0.1) is 0 Å². The fraction of sp³-hybridized carbons (Fsp3) is 0.429. The molecule has 1 aliphatic heterocycles. The van der Waals surface area contributed by atoms with Gasteiger partial charge in [-0.2, -0.15) is 0 Å². The first kappa shape index (κ1) is 18.4. The molecule has 0 bridgehead atoms. The molecule has 0 radical (unpaired) electrons. The molecule has 0 saturated carbocycles. The highest BCUT2D eigenvalue weighted by atomic mass is 16.4. The van der Waals surface area contributed by atoms with Gasteiger partial charge in [-0.15, -0.1) is 0 Å². The Morgan fingerprint density at radius 3 is 2.57 bits per heavy atom. The summed E-state index contributed by atoms with van der Waals surface area (Å²) < 4.78 is 0. The molecule has 0 aromatic carbocycles. The van der Waals surface area contributed by atoms with Gasteiger partial charge in [-0.3, -0.25) is 4.99 Å². The smallest absolute Gasteiger partial charge is 0.351 e. The van der Waals surface area contributed by atoms with Gasteiger partial charge in [0.1, 0.15) is 17.8 Å². The van der Waals surface area contributed by atoms with E-state index in [-0.39, 0.29) is 25.1 Å². The number of aliphatic hydroxyl groups is 1. The summed E-state index contributed by atoms with van der Waals surface area (Å²) in [6.07, 6.45) is 4.38. The molecule has 2 unspecified atom stereocenters. The Balaban J connectivity index is 2.89. The molecule has 0 fully saturated rings. The SMILES string of the molecule is O=C(O)C1=CC(=CC=NC(CCCO)C(=O)O)CC(C(=O)O)N1. The summed E-state index contributed by atoms with van der Waals surface area (Å²) in [4.78, 5) is 36.8. The number of aliphatic hydroxyl groups excluding tert-OH is 1. The molecule has 9 heteroatoms. The highest BCUT2D eigenvalue weighted by molar-refractivity contribution is 5.89. The van der Waals surface area contributed by atoms with Crippen molar-refractivity contribution in [2.75, 3.05) is 6.61 Å². The number of hydrogen-bond acceptors (Lipinski definition) is 6. The van der Waals surface area contributed by atoms with Crippen LogP contribution in [0.25, 0.3) is 0 Å². The first-order valence-electron chi connectivity index (χ1n) is 6.85. The summed E-state index contributed by atoms with van der Waals surface area (Å²) >= 11 is 0. The van der Waals surface area contributed by atoms with E-state index in [9.17, 15) is 14.4 Å². The third-order valence-electron chi connectivity index (χ3n) is 3.10. The van der Waals surface area contributed by atoms with Crippen LogP contribution in [0.2, 0.25) is 0 Å². The minimum Gasteiger partial charge on any atom is -0.480 e. The van der Waals surface area contributed by atoms with Crippen molar-refractivity contribution in [3.63, 3.8) is 0 Å². The Morgan fingerprint density at radius 1 is 1.35 bits per heavy atom. The lowest BCUT2D eigenvalue weighted by Gasteiger charge is -2.21. The lowest BCUT2D eigenvalue weighted by molar-refractivity contribution is -0.140. The van der Waals surface area contributed by atoms with Crippen molar-refractivity contribution in [1.82, 2.24) is 5.32 Å². The van der Waals surface area contributed by atoms with E-state index in [1.54, 1.807) is 0 Å². The molecule has 1 rings (SSSR count). The molecule has 0 aliphatic carbocycles. The van der Waals surface area contributed by atoms with Gasteiger partial charge in [-0.25, -0.2) is 14.4 Å². The number of carboxylic acid groups (broad SMARTS) is 3. The second-order valence-electron chi connectivity index (χ2n) is 4.86. The molecule has 0 aromatic rings. The largest absolute Gasteiger partial charge is 0.480 e. The van der Waals surface area contributed by atoms with Gasteiger partial charge in [0, 0.05) is 19.2 Å². The van der Waals surface area contributed by atoms with Crippen molar-refractivity contribution in [3.05, 3.63) is 23.4 Å². The highest BCUT2D eigenvalue weighted by Crippen LogP contribution is 2.16. The Hall–Kier alpha value is -2.68. The third kappa shape index (κ3) is 5.91. The number of aliphatic carboxylic acids is 3. The summed E-state index contributed by atoms with van der Waals surface area (Å²) in [5.74, 6) is -3.61. The average molecular weight is 326 g/mol. The molecule has 2 atom stereocenters. The van der Waals surface area contributed by atoms with Crippen LogP contribution in [0.4, 0.5) is 0 Å². The van der Waals surface area contributed by atoms with Gasteiger partial charge in [-0.1, -0.05) is 0 Å². The van der Waals surface area contributed by atoms with E-state index in [1.807, 2.05) is 0 Å². The molecule has 0 spiro atoms. The molecular formula is C14H18N2O7. The topological polar surface area (TPSA) is 157 Å². The lowest BCUT2D eigenvalue weighted by Crippen LogP contribution is -2.41. The minimum absolute atomic E-state index is 0.0481. The van der Waals surface area contributed by atoms with Crippen molar-refractivity contribution < 1.29 is 34.8 Å². The van der Waals surface area contributed by atoms with Gasteiger partial charge in [0.2, 0.25) is 0 Å².